The molecular weight excluding hydrogens is 405 g/mol. The molecule has 3 rings (SSSR count). The number of aliphatic hydroxyl groups is 1. The van der Waals surface area contributed by atoms with Crippen molar-refractivity contribution in [3.8, 4) is 11.3 Å². The third-order valence-electron chi connectivity index (χ3n) is 5.86. The first kappa shape index (κ1) is 22.9. The molecule has 0 spiro atoms. The minimum Gasteiger partial charge on any atom is -0.390 e. The lowest BCUT2D eigenvalue weighted by atomic mass is 9.77. The standard InChI is InChI=1S/C23H29F3N4O/c1-15(29-19-10-8-17(9-11-19)22(2,3)31)7-12-21-28-14-20(30(21)27)16-5-4-6-18(13-16)23(24,25)26/h4-7,12-14,17,19,29,31H,1,8-11,27H2,2-3H3/b12-7-. The lowest BCUT2D eigenvalue weighted by molar-refractivity contribution is -0.137. The van der Waals surface area contributed by atoms with Gasteiger partial charge in [-0.2, -0.15) is 13.2 Å². The van der Waals surface area contributed by atoms with Crippen molar-refractivity contribution in [3.05, 3.63) is 60.2 Å². The number of nitrogens with one attached hydrogen (secondary N) is 1. The van der Waals surface area contributed by atoms with E-state index in [2.05, 4.69) is 16.9 Å². The molecule has 0 atom stereocenters. The average molecular weight is 435 g/mol. The molecule has 0 amide bonds. The molecule has 1 aliphatic carbocycles. The number of allylic oxidation sites excluding steroid dienone is 1. The summed E-state index contributed by atoms with van der Waals surface area (Å²) in [4.78, 5) is 4.21. The molecule has 1 saturated carbocycles. The van der Waals surface area contributed by atoms with Crippen LogP contribution in [0, 0.1) is 5.92 Å². The molecule has 4 N–H and O–H groups in total. The van der Waals surface area contributed by atoms with E-state index in [1.807, 2.05) is 13.8 Å². The van der Waals surface area contributed by atoms with E-state index < -0.39 is 17.3 Å². The van der Waals surface area contributed by atoms with Crippen LogP contribution in [0.5, 0.6) is 0 Å². The van der Waals surface area contributed by atoms with Crippen LogP contribution in [0.15, 0.2) is 48.8 Å². The third-order valence-corrected chi connectivity index (χ3v) is 5.86. The van der Waals surface area contributed by atoms with E-state index in [1.54, 1.807) is 18.2 Å². The second-order valence-corrected chi connectivity index (χ2v) is 8.66. The molecule has 0 radical (unpaired) electrons. The summed E-state index contributed by atoms with van der Waals surface area (Å²) in [5.74, 6) is 6.77. The first-order valence-corrected chi connectivity index (χ1v) is 10.3. The van der Waals surface area contributed by atoms with E-state index in [0.717, 1.165) is 37.8 Å². The van der Waals surface area contributed by atoms with E-state index in [0.29, 0.717) is 28.7 Å². The zero-order valence-corrected chi connectivity index (χ0v) is 17.8. The normalized spacial score (nSPS) is 20.2. The fourth-order valence-corrected chi connectivity index (χ4v) is 4.00. The van der Waals surface area contributed by atoms with Crippen LogP contribution in [0.4, 0.5) is 13.2 Å². The van der Waals surface area contributed by atoms with Crippen LogP contribution in [0.2, 0.25) is 0 Å². The number of halogens is 3. The molecule has 168 valence electrons. The molecule has 1 heterocycles. The number of nitrogen functional groups attached to an aromatic ring is 1. The second kappa shape index (κ2) is 8.78. The van der Waals surface area contributed by atoms with Crippen molar-refractivity contribution < 1.29 is 18.3 Å². The monoisotopic (exact) mass is 434 g/mol. The molecule has 31 heavy (non-hydrogen) atoms. The van der Waals surface area contributed by atoms with Gasteiger partial charge in [0.05, 0.1) is 23.1 Å². The van der Waals surface area contributed by atoms with Crippen molar-refractivity contribution in [2.45, 2.75) is 57.3 Å². The molecule has 0 bridgehead atoms. The lowest BCUT2D eigenvalue weighted by Gasteiger charge is -2.36. The predicted molar refractivity (Wildman–Crippen MR) is 116 cm³/mol. The molecule has 1 aromatic carbocycles. The minimum atomic E-state index is -4.42. The fraction of sp³-hybridized carbons (Fsp3) is 0.435. The Balaban J connectivity index is 1.63. The summed E-state index contributed by atoms with van der Waals surface area (Å²) in [6, 6.07) is 5.27. The van der Waals surface area contributed by atoms with Gasteiger partial charge < -0.3 is 16.3 Å². The van der Waals surface area contributed by atoms with Crippen LogP contribution >= 0.6 is 0 Å². The molecule has 0 aliphatic heterocycles. The fourth-order valence-electron chi connectivity index (χ4n) is 4.00. The van der Waals surface area contributed by atoms with Crippen LogP contribution in [0.3, 0.4) is 0 Å². The third kappa shape index (κ3) is 5.70. The molecule has 0 unspecified atom stereocenters. The molecule has 2 aromatic rings. The molecule has 5 nitrogen and oxygen atoms in total. The number of benzene rings is 1. The van der Waals surface area contributed by atoms with Gasteiger partial charge in [-0.05, 0) is 69.7 Å². The largest absolute Gasteiger partial charge is 0.416 e. The summed E-state index contributed by atoms with van der Waals surface area (Å²) in [5, 5.41) is 13.5. The number of aromatic nitrogens is 2. The minimum absolute atomic E-state index is 0.286. The number of hydrogen-bond donors (Lipinski definition) is 3. The lowest BCUT2D eigenvalue weighted by Crippen LogP contribution is -2.39. The van der Waals surface area contributed by atoms with E-state index >= 15 is 0 Å². The Bertz CT molecular complexity index is 948. The number of nitrogens with two attached hydrogens (primary N) is 1. The van der Waals surface area contributed by atoms with Crippen LogP contribution in [-0.4, -0.2) is 26.4 Å². The van der Waals surface area contributed by atoms with Crippen molar-refractivity contribution in [2.24, 2.45) is 5.92 Å². The summed E-state index contributed by atoms with van der Waals surface area (Å²) < 4.78 is 40.2. The summed E-state index contributed by atoms with van der Waals surface area (Å²) in [7, 11) is 0. The molecular formula is C23H29F3N4O. The highest BCUT2D eigenvalue weighted by Gasteiger charge is 2.32. The van der Waals surface area contributed by atoms with Gasteiger partial charge in [0, 0.05) is 17.3 Å². The predicted octanol–water partition coefficient (Wildman–Crippen LogP) is 4.73. The summed E-state index contributed by atoms with van der Waals surface area (Å²) in [6.45, 7) is 7.73. The summed E-state index contributed by atoms with van der Waals surface area (Å²) >= 11 is 0. The van der Waals surface area contributed by atoms with Crippen molar-refractivity contribution >= 4 is 6.08 Å². The van der Waals surface area contributed by atoms with Crippen molar-refractivity contribution in [1.29, 1.82) is 0 Å². The molecule has 1 fully saturated rings. The highest BCUT2D eigenvalue weighted by molar-refractivity contribution is 5.63. The summed E-state index contributed by atoms with van der Waals surface area (Å²) in [5.41, 5.74) is 0.0342. The Morgan fingerprint density at radius 3 is 2.55 bits per heavy atom. The number of alkyl halides is 3. The Morgan fingerprint density at radius 2 is 1.94 bits per heavy atom. The molecule has 1 aromatic heterocycles. The number of rotatable bonds is 6. The van der Waals surface area contributed by atoms with Gasteiger partial charge in [0.15, 0.2) is 5.82 Å². The van der Waals surface area contributed by atoms with Crippen molar-refractivity contribution in [3.63, 3.8) is 0 Å². The molecule has 0 saturated heterocycles. The maximum absolute atomic E-state index is 13.0. The van der Waals surface area contributed by atoms with Gasteiger partial charge in [-0.1, -0.05) is 18.7 Å². The van der Waals surface area contributed by atoms with Crippen molar-refractivity contribution in [1.82, 2.24) is 15.0 Å². The zero-order valence-electron chi connectivity index (χ0n) is 17.8. The quantitative estimate of drug-likeness (QED) is 0.454. The first-order chi connectivity index (χ1) is 14.4. The van der Waals surface area contributed by atoms with Gasteiger partial charge >= 0.3 is 6.18 Å². The highest BCUT2D eigenvalue weighted by Crippen LogP contribution is 2.33. The first-order valence-electron chi connectivity index (χ1n) is 10.3. The SMILES string of the molecule is C=C(/C=C\c1ncc(-c2cccc(C(F)(F)F)c2)n1N)NC1CCC(C(C)(C)O)CC1. The Hall–Kier alpha value is -2.74. The van der Waals surface area contributed by atoms with E-state index in [1.165, 1.54) is 16.9 Å². The molecule has 8 heteroatoms. The topological polar surface area (TPSA) is 76.1 Å². The second-order valence-electron chi connectivity index (χ2n) is 8.66. The Kier molecular flexibility index (Phi) is 6.50. The number of nitrogens with zero attached hydrogens (tertiary/aromatic N) is 2. The van der Waals surface area contributed by atoms with Crippen LogP contribution in [0.25, 0.3) is 17.3 Å². The van der Waals surface area contributed by atoms with E-state index in [-0.39, 0.29) is 6.04 Å². The maximum Gasteiger partial charge on any atom is 0.416 e. The summed E-state index contributed by atoms with van der Waals surface area (Å²) in [6.07, 6.45) is 4.26. The Morgan fingerprint density at radius 1 is 1.26 bits per heavy atom. The van der Waals surface area contributed by atoms with Crippen LogP contribution < -0.4 is 11.2 Å². The van der Waals surface area contributed by atoms with Crippen LogP contribution in [0.1, 0.15) is 50.9 Å². The Labute approximate surface area is 180 Å². The van der Waals surface area contributed by atoms with Gasteiger partial charge in [-0.25, -0.2) is 9.66 Å². The van der Waals surface area contributed by atoms with E-state index in [4.69, 9.17) is 5.84 Å². The maximum atomic E-state index is 13.0. The van der Waals surface area contributed by atoms with E-state index in [9.17, 15) is 18.3 Å². The average Bonchev–Trinajstić information content (AvgIpc) is 3.06. The van der Waals surface area contributed by atoms with Gasteiger partial charge in [0.2, 0.25) is 0 Å². The van der Waals surface area contributed by atoms with Gasteiger partial charge in [-0.15, -0.1) is 0 Å². The van der Waals surface area contributed by atoms with Gasteiger partial charge in [-0.3, -0.25) is 0 Å². The van der Waals surface area contributed by atoms with Gasteiger partial charge in [0.25, 0.3) is 0 Å². The van der Waals surface area contributed by atoms with Crippen molar-refractivity contribution in [2.75, 3.05) is 5.84 Å². The van der Waals surface area contributed by atoms with Gasteiger partial charge in [0.1, 0.15) is 0 Å². The number of hydrogen-bond acceptors (Lipinski definition) is 4. The zero-order chi connectivity index (χ0) is 22.8. The number of imidazole rings is 1. The smallest absolute Gasteiger partial charge is 0.390 e. The van der Waals surface area contributed by atoms with Crippen LogP contribution in [-0.2, 0) is 6.18 Å². The highest BCUT2D eigenvalue weighted by atomic mass is 19.4. The molecule has 1 aliphatic rings.